The SMILES string of the molecule is O=C(/C=C/c1ccc(F)cc1)NS(=O)(=O)c1ccc2c(c1)OCCO2. The van der Waals surface area contributed by atoms with Crippen LogP contribution in [0.2, 0.25) is 0 Å². The lowest BCUT2D eigenvalue weighted by molar-refractivity contribution is -0.114. The van der Waals surface area contributed by atoms with Crippen molar-refractivity contribution in [3.63, 3.8) is 0 Å². The lowest BCUT2D eigenvalue weighted by atomic mass is 10.2. The Kier molecular flexibility index (Phi) is 4.71. The Bertz CT molecular complexity index is 923. The molecule has 25 heavy (non-hydrogen) atoms. The smallest absolute Gasteiger partial charge is 0.264 e. The average molecular weight is 363 g/mol. The molecule has 0 saturated carbocycles. The number of ether oxygens (including phenoxy) is 2. The molecule has 2 aromatic rings. The van der Waals surface area contributed by atoms with Crippen LogP contribution in [-0.4, -0.2) is 27.5 Å². The highest BCUT2D eigenvalue weighted by Gasteiger charge is 2.20. The summed E-state index contributed by atoms with van der Waals surface area (Å²) in [6, 6.07) is 9.51. The predicted octanol–water partition coefficient (Wildman–Crippen LogP) is 2.12. The Hall–Kier alpha value is -2.87. The maximum Gasteiger partial charge on any atom is 0.264 e. The van der Waals surface area contributed by atoms with Gasteiger partial charge < -0.3 is 9.47 Å². The van der Waals surface area contributed by atoms with E-state index < -0.39 is 21.7 Å². The van der Waals surface area contributed by atoms with Gasteiger partial charge in [-0.15, -0.1) is 0 Å². The molecular formula is C17H14FNO5S. The van der Waals surface area contributed by atoms with Gasteiger partial charge in [0.05, 0.1) is 4.90 Å². The van der Waals surface area contributed by atoms with E-state index in [0.717, 1.165) is 6.08 Å². The lowest BCUT2D eigenvalue weighted by Gasteiger charge is -2.18. The van der Waals surface area contributed by atoms with Crippen LogP contribution in [0.5, 0.6) is 11.5 Å². The summed E-state index contributed by atoms with van der Waals surface area (Å²) in [5.74, 6) is -0.460. The van der Waals surface area contributed by atoms with Gasteiger partial charge in [0, 0.05) is 12.1 Å². The zero-order chi connectivity index (χ0) is 17.9. The van der Waals surface area contributed by atoms with Crippen LogP contribution in [0.4, 0.5) is 4.39 Å². The maximum absolute atomic E-state index is 12.8. The number of carbonyl (C=O) groups excluding carboxylic acids is 1. The number of hydrogen-bond donors (Lipinski definition) is 1. The summed E-state index contributed by atoms with van der Waals surface area (Å²) in [4.78, 5) is 11.7. The van der Waals surface area contributed by atoms with E-state index in [-0.39, 0.29) is 4.90 Å². The zero-order valence-corrected chi connectivity index (χ0v) is 13.8. The number of sulfonamides is 1. The highest BCUT2D eigenvalue weighted by Crippen LogP contribution is 2.32. The second-order valence-electron chi connectivity index (χ2n) is 5.16. The highest BCUT2D eigenvalue weighted by atomic mass is 32.2. The van der Waals surface area contributed by atoms with Crippen molar-refractivity contribution >= 4 is 22.0 Å². The van der Waals surface area contributed by atoms with Crippen LogP contribution in [0.25, 0.3) is 6.08 Å². The summed E-state index contributed by atoms with van der Waals surface area (Å²) in [6.07, 6.45) is 2.44. The van der Waals surface area contributed by atoms with Crippen LogP contribution in [0.1, 0.15) is 5.56 Å². The lowest BCUT2D eigenvalue weighted by Crippen LogP contribution is -2.29. The Balaban J connectivity index is 1.72. The highest BCUT2D eigenvalue weighted by molar-refractivity contribution is 7.90. The van der Waals surface area contributed by atoms with E-state index in [9.17, 15) is 17.6 Å². The first kappa shape index (κ1) is 17.0. The fourth-order valence-corrected chi connectivity index (χ4v) is 3.12. The van der Waals surface area contributed by atoms with Gasteiger partial charge in [0.1, 0.15) is 19.0 Å². The third-order valence-electron chi connectivity index (χ3n) is 3.36. The van der Waals surface area contributed by atoms with E-state index in [4.69, 9.17) is 9.47 Å². The van der Waals surface area contributed by atoms with Gasteiger partial charge in [0.25, 0.3) is 15.9 Å². The van der Waals surface area contributed by atoms with Crippen molar-refractivity contribution < 1.29 is 27.1 Å². The Labute approximate surface area is 143 Å². The first-order chi connectivity index (χ1) is 11.9. The van der Waals surface area contributed by atoms with Gasteiger partial charge in [0.15, 0.2) is 11.5 Å². The van der Waals surface area contributed by atoms with E-state index in [0.29, 0.717) is 30.3 Å². The van der Waals surface area contributed by atoms with Crippen molar-refractivity contribution in [1.29, 1.82) is 0 Å². The van der Waals surface area contributed by atoms with Gasteiger partial charge in [-0.2, -0.15) is 0 Å². The molecule has 3 rings (SSSR count). The molecule has 6 nitrogen and oxygen atoms in total. The summed E-state index contributed by atoms with van der Waals surface area (Å²) in [5, 5.41) is 0. The third kappa shape index (κ3) is 4.16. The number of amides is 1. The molecule has 0 bridgehead atoms. The molecule has 0 fully saturated rings. The molecule has 0 radical (unpaired) electrons. The van der Waals surface area contributed by atoms with Crippen LogP contribution in [0.3, 0.4) is 0 Å². The van der Waals surface area contributed by atoms with Crippen molar-refractivity contribution in [2.24, 2.45) is 0 Å². The summed E-state index contributed by atoms with van der Waals surface area (Å²) in [5.41, 5.74) is 0.563. The number of halogens is 1. The molecule has 1 aliphatic rings. The number of benzene rings is 2. The standard InChI is InChI=1S/C17H14FNO5S/c18-13-4-1-12(2-5-13)3-8-17(20)19-25(21,22)14-6-7-15-16(11-14)24-10-9-23-15/h1-8,11H,9-10H2,(H,19,20)/b8-3+. The molecule has 1 amide bonds. The Morgan fingerprint density at radius 1 is 1.04 bits per heavy atom. The Morgan fingerprint density at radius 2 is 1.72 bits per heavy atom. The normalized spacial score (nSPS) is 13.6. The number of rotatable bonds is 4. The number of carbonyl (C=O) groups is 1. The molecule has 0 spiro atoms. The quantitative estimate of drug-likeness (QED) is 0.842. The molecule has 0 aromatic heterocycles. The van der Waals surface area contributed by atoms with E-state index >= 15 is 0 Å². The molecule has 1 N–H and O–H groups in total. The van der Waals surface area contributed by atoms with E-state index in [1.165, 1.54) is 48.5 Å². The third-order valence-corrected chi connectivity index (χ3v) is 4.70. The number of fused-ring (bicyclic) bond motifs is 1. The summed E-state index contributed by atoms with van der Waals surface area (Å²) >= 11 is 0. The van der Waals surface area contributed by atoms with Crippen molar-refractivity contribution in [2.75, 3.05) is 13.2 Å². The molecule has 0 saturated heterocycles. The molecule has 130 valence electrons. The van der Waals surface area contributed by atoms with Gasteiger partial charge in [-0.3, -0.25) is 4.79 Å². The molecule has 1 heterocycles. The zero-order valence-electron chi connectivity index (χ0n) is 12.9. The van der Waals surface area contributed by atoms with E-state index in [2.05, 4.69) is 0 Å². The van der Waals surface area contributed by atoms with Crippen molar-refractivity contribution in [1.82, 2.24) is 4.72 Å². The van der Waals surface area contributed by atoms with Crippen molar-refractivity contribution in [3.8, 4) is 11.5 Å². The Morgan fingerprint density at radius 3 is 2.44 bits per heavy atom. The van der Waals surface area contributed by atoms with Crippen LogP contribution >= 0.6 is 0 Å². The fourth-order valence-electron chi connectivity index (χ4n) is 2.16. The van der Waals surface area contributed by atoms with Gasteiger partial charge in [-0.05, 0) is 35.9 Å². The monoisotopic (exact) mass is 363 g/mol. The minimum atomic E-state index is -4.05. The van der Waals surface area contributed by atoms with Crippen molar-refractivity contribution in [2.45, 2.75) is 4.90 Å². The van der Waals surface area contributed by atoms with Crippen LogP contribution in [0.15, 0.2) is 53.4 Å². The molecular weight excluding hydrogens is 349 g/mol. The first-order valence-corrected chi connectivity index (χ1v) is 8.82. The molecule has 8 heteroatoms. The number of nitrogens with one attached hydrogen (secondary N) is 1. The summed E-state index contributed by atoms with van der Waals surface area (Å²) in [6.45, 7) is 0.716. The summed E-state index contributed by atoms with van der Waals surface area (Å²) < 4.78 is 50.0. The summed E-state index contributed by atoms with van der Waals surface area (Å²) in [7, 11) is -4.05. The minimum Gasteiger partial charge on any atom is -0.486 e. The first-order valence-electron chi connectivity index (χ1n) is 7.34. The van der Waals surface area contributed by atoms with Crippen LogP contribution in [-0.2, 0) is 14.8 Å². The number of hydrogen-bond acceptors (Lipinski definition) is 5. The second-order valence-corrected chi connectivity index (χ2v) is 6.84. The second kappa shape index (κ2) is 6.94. The fraction of sp³-hybridized carbons (Fsp3) is 0.118. The van der Waals surface area contributed by atoms with E-state index in [1.54, 1.807) is 0 Å². The van der Waals surface area contributed by atoms with Crippen molar-refractivity contribution in [3.05, 3.63) is 59.9 Å². The molecule has 0 atom stereocenters. The molecule has 0 aliphatic carbocycles. The van der Waals surface area contributed by atoms with Gasteiger partial charge in [-0.1, -0.05) is 12.1 Å². The van der Waals surface area contributed by atoms with Crippen LogP contribution in [0, 0.1) is 5.82 Å². The van der Waals surface area contributed by atoms with Gasteiger partial charge >= 0.3 is 0 Å². The van der Waals surface area contributed by atoms with Gasteiger partial charge in [0.2, 0.25) is 0 Å². The topological polar surface area (TPSA) is 81.7 Å². The predicted molar refractivity (Wildman–Crippen MR) is 88.2 cm³/mol. The largest absolute Gasteiger partial charge is 0.486 e. The molecule has 0 unspecified atom stereocenters. The minimum absolute atomic E-state index is 0.111. The van der Waals surface area contributed by atoms with Crippen LogP contribution < -0.4 is 14.2 Å². The van der Waals surface area contributed by atoms with Gasteiger partial charge in [-0.25, -0.2) is 17.5 Å². The maximum atomic E-state index is 12.8. The van der Waals surface area contributed by atoms with E-state index in [1.807, 2.05) is 4.72 Å². The average Bonchev–Trinajstić information content (AvgIpc) is 2.60. The molecule has 1 aliphatic heterocycles. The molecule has 2 aromatic carbocycles.